The predicted molar refractivity (Wildman–Crippen MR) is 71.3 cm³/mol. The average molecular weight is 262 g/mol. The van der Waals surface area contributed by atoms with Crippen LogP contribution in [0, 0.1) is 5.92 Å². The molecule has 0 aromatic carbocycles. The summed E-state index contributed by atoms with van der Waals surface area (Å²) in [7, 11) is -3.00. The highest BCUT2D eigenvalue weighted by molar-refractivity contribution is 7.88. The van der Waals surface area contributed by atoms with Crippen molar-refractivity contribution in [2.75, 3.05) is 19.3 Å². The van der Waals surface area contributed by atoms with E-state index in [2.05, 4.69) is 6.92 Å². The fourth-order valence-corrected chi connectivity index (χ4v) is 3.38. The molecule has 0 bridgehead atoms. The first-order chi connectivity index (χ1) is 7.93. The van der Waals surface area contributed by atoms with Crippen molar-refractivity contribution >= 4 is 10.0 Å². The van der Waals surface area contributed by atoms with Gasteiger partial charge in [-0.25, -0.2) is 12.7 Å². The summed E-state index contributed by atoms with van der Waals surface area (Å²) in [5, 5.41) is 0. The molecule has 1 aliphatic heterocycles. The number of hydrogen-bond donors (Lipinski definition) is 1. The van der Waals surface area contributed by atoms with Crippen LogP contribution in [-0.4, -0.2) is 38.1 Å². The van der Waals surface area contributed by atoms with Crippen LogP contribution >= 0.6 is 0 Å². The quantitative estimate of drug-likeness (QED) is 0.790. The Hall–Kier alpha value is -0.130. The smallest absolute Gasteiger partial charge is 0.211 e. The van der Waals surface area contributed by atoms with Gasteiger partial charge >= 0.3 is 0 Å². The largest absolute Gasteiger partial charge is 0.328 e. The van der Waals surface area contributed by atoms with Crippen LogP contribution in [0.2, 0.25) is 0 Å². The van der Waals surface area contributed by atoms with Crippen LogP contribution in [0.3, 0.4) is 0 Å². The zero-order chi connectivity index (χ0) is 12.9. The Bertz CT molecular complexity index is 316. The lowest BCUT2D eigenvalue weighted by Crippen LogP contribution is -2.39. The number of nitrogens with zero attached hydrogens (tertiary/aromatic N) is 1. The first kappa shape index (κ1) is 14.9. The van der Waals surface area contributed by atoms with E-state index in [0.29, 0.717) is 25.0 Å². The van der Waals surface area contributed by atoms with Gasteiger partial charge in [0.05, 0.1) is 6.26 Å². The van der Waals surface area contributed by atoms with Gasteiger partial charge in [0.25, 0.3) is 0 Å². The highest BCUT2D eigenvalue weighted by Crippen LogP contribution is 2.23. The van der Waals surface area contributed by atoms with E-state index < -0.39 is 10.0 Å². The summed E-state index contributed by atoms with van der Waals surface area (Å²) >= 11 is 0. The topological polar surface area (TPSA) is 63.4 Å². The zero-order valence-electron chi connectivity index (χ0n) is 11.1. The van der Waals surface area contributed by atoms with E-state index in [0.717, 1.165) is 38.5 Å². The maximum absolute atomic E-state index is 11.5. The van der Waals surface area contributed by atoms with Crippen molar-refractivity contribution in [1.82, 2.24) is 4.31 Å². The molecule has 0 amide bonds. The summed E-state index contributed by atoms with van der Waals surface area (Å²) in [5.41, 5.74) is 5.88. The first-order valence-corrected chi connectivity index (χ1v) is 8.49. The van der Waals surface area contributed by atoms with Crippen molar-refractivity contribution < 1.29 is 8.42 Å². The second kappa shape index (κ2) is 6.71. The van der Waals surface area contributed by atoms with Crippen LogP contribution in [0.15, 0.2) is 0 Å². The third kappa shape index (κ3) is 5.36. The minimum atomic E-state index is -3.00. The maximum atomic E-state index is 11.5. The Labute approximate surface area is 106 Å². The van der Waals surface area contributed by atoms with Crippen LogP contribution in [0.4, 0.5) is 0 Å². The normalized spacial score (nSPS) is 24.8. The SMILES string of the molecule is CCC(N)CCCC1CCCN(S(C)(=O)=O)C1. The minimum Gasteiger partial charge on any atom is -0.328 e. The summed E-state index contributed by atoms with van der Waals surface area (Å²) in [5.74, 6) is 0.530. The molecule has 0 aliphatic carbocycles. The van der Waals surface area contributed by atoms with Crippen molar-refractivity contribution in [1.29, 1.82) is 0 Å². The van der Waals surface area contributed by atoms with Gasteiger partial charge in [0, 0.05) is 19.1 Å². The molecule has 5 heteroatoms. The maximum Gasteiger partial charge on any atom is 0.211 e. The Kier molecular flexibility index (Phi) is 5.89. The first-order valence-electron chi connectivity index (χ1n) is 6.64. The van der Waals surface area contributed by atoms with Gasteiger partial charge in [-0.05, 0) is 38.0 Å². The van der Waals surface area contributed by atoms with Gasteiger partial charge in [0.15, 0.2) is 0 Å². The molecule has 2 atom stereocenters. The van der Waals surface area contributed by atoms with Gasteiger partial charge in [-0.3, -0.25) is 0 Å². The number of sulfonamides is 1. The molecule has 17 heavy (non-hydrogen) atoms. The van der Waals surface area contributed by atoms with E-state index in [1.807, 2.05) is 0 Å². The lowest BCUT2D eigenvalue weighted by atomic mass is 9.93. The molecule has 2 N–H and O–H groups in total. The van der Waals surface area contributed by atoms with E-state index >= 15 is 0 Å². The number of piperidine rings is 1. The van der Waals surface area contributed by atoms with Crippen LogP contribution in [0.25, 0.3) is 0 Å². The van der Waals surface area contributed by atoms with E-state index in [4.69, 9.17) is 5.73 Å². The summed E-state index contributed by atoms with van der Waals surface area (Å²) in [4.78, 5) is 0. The third-order valence-corrected chi connectivity index (χ3v) is 4.93. The Morgan fingerprint density at radius 3 is 2.76 bits per heavy atom. The van der Waals surface area contributed by atoms with Crippen molar-refractivity contribution in [3.63, 3.8) is 0 Å². The van der Waals surface area contributed by atoms with Gasteiger partial charge in [-0.15, -0.1) is 0 Å². The minimum absolute atomic E-state index is 0.310. The average Bonchev–Trinajstić information content (AvgIpc) is 2.28. The molecular formula is C12H26N2O2S. The van der Waals surface area contributed by atoms with Crippen LogP contribution in [0.5, 0.6) is 0 Å². The molecule has 102 valence electrons. The molecule has 1 aliphatic rings. The second-order valence-electron chi connectivity index (χ2n) is 5.23. The standard InChI is InChI=1S/C12H26N2O2S/c1-3-12(13)8-4-6-11-7-5-9-14(10-11)17(2,15)16/h11-12H,3-10,13H2,1-2H3. The molecule has 1 rings (SSSR count). The Morgan fingerprint density at radius 1 is 1.47 bits per heavy atom. The number of nitrogens with two attached hydrogens (primary N) is 1. The van der Waals surface area contributed by atoms with Gasteiger partial charge in [0.2, 0.25) is 10.0 Å². The molecule has 0 aromatic heterocycles. The predicted octanol–water partition coefficient (Wildman–Crippen LogP) is 1.57. The van der Waals surface area contributed by atoms with Gasteiger partial charge in [-0.1, -0.05) is 13.3 Å². The Balaban J connectivity index is 2.30. The number of rotatable bonds is 6. The van der Waals surface area contributed by atoms with Crippen molar-refractivity contribution in [2.45, 2.75) is 51.5 Å². The molecule has 0 saturated carbocycles. The van der Waals surface area contributed by atoms with Crippen molar-refractivity contribution in [3.05, 3.63) is 0 Å². The highest BCUT2D eigenvalue weighted by Gasteiger charge is 2.25. The summed E-state index contributed by atoms with van der Waals surface area (Å²) in [6, 6.07) is 0.310. The third-order valence-electron chi connectivity index (χ3n) is 3.66. The lowest BCUT2D eigenvalue weighted by molar-refractivity contribution is 0.251. The molecular weight excluding hydrogens is 236 g/mol. The monoisotopic (exact) mass is 262 g/mol. The lowest BCUT2D eigenvalue weighted by Gasteiger charge is -2.31. The highest BCUT2D eigenvalue weighted by atomic mass is 32.2. The molecule has 0 aromatic rings. The van der Waals surface area contributed by atoms with Crippen LogP contribution < -0.4 is 5.73 Å². The summed E-state index contributed by atoms with van der Waals surface area (Å²) < 4.78 is 24.6. The van der Waals surface area contributed by atoms with Gasteiger partial charge in [0.1, 0.15) is 0 Å². The Morgan fingerprint density at radius 2 is 2.18 bits per heavy atom. The van der Waals surface area contributed by atoms with Gasteiger partial charge < -0.3 is 5.73 Å². The van der Waals surface area contributed by atoms with E-state index in [1.54, 1.807) is 4.31 Å². The number of hydrogen-bond acceptors (Lipinski definition) is 3. The fourth-order valence-electron chi connectivity index (χ4n) is 2.44. The molecule has 1 heterocycles. The van der Waals surface area contributed by atoms with Crippen LogP contribution in [-0.2, 0) is 10.0 Å². The van der Waals surface area contributed by atoms with Crippen molar-refractivity contribution in [2.24, 2.45) is 11.7 Å². The fraction of sp³-hybridized carbons (Fsp3) is 1.00. The summed E-state index contributed by atoms with van der Waals surface area (Å²) in [6.45, 7) is 3.51. The molecule has 1 fully saturated rings. The molecule has 4 nitrogen and oxygen atoms in total. The van der Waals surface area contributed by atoms with Crippen molar-refractivity contribution in [3.8, 4) is 0 Å². The van der Waals surface area contributed by atoms with E-state index in [1.165, 1.54) is 6.26 Å². The summed E-state index contributed by atoms with van der Waals surface area (Å²) in [6.07, 6.45) is 7.79. The van der Waals surface area contributed by atoms with Gasteiger partial charge in [-0.2, -0.15) is 0 Å². The molecule has 1 saturated heterocycles. The second-order valence-corrected chi connectivity index (χ2v) is 7.21. The molecule has 0 spiro atoms. The zero-order valence-corrected chi connectivity index (χ0v) is 11.9. The van der Waals surface area contributed by atoms with E-state index in [9.17, 15) is 8.42 Å². The molecule has 0 radical (unpaired) electrons. The van der Waals surface area contributed by atoms with Crippen LogP contribution in [0.1, 0.15) is 45.4 Å². The van der Waals surface area contributed by atoms with E-state index in [-0.39, 0.29) is 0 Å². The molecule has 2 unspecified atom stereocenters.